The minimum absolute atomic E-state index is 0.101. The van der Waals surface area contributed by atoms with Crippen LogP contribution < -0.4 is 23.8 Å². The molecule has 0 saturated heterocycles. The number of sulfonamides is 1. The van der Waals surface area contributed by atoms with Gasteiger partial charge < -0.3 is 19.5 Å². The quantitative estimate of drug-likeness (QED) is 0.753. The molecule has 0 unspecified atom stereocenters. The van der Waals surface area contributed by atoms with Gasteiger partial charge in [0.25, 0.3) is 5.91 Å². The number of para-hydroxylation sites is 2. The van der Waals surface area contributed by atoms with E-state index in [4.69, 9.17) is 14.2 Å². The van der Waals surface area contributed by atoms with Gasteiger partial charge in [0.2, 0.25) is 10.0 Å². The Morgan fingerprint density at radius 1 is 1.09 bits per heavy atom. The van der Waals surface area contributed by atoms with Gasteiger partial charge in [0.05, 0.1) is 25.0 Å². The summed E-state index contributed by atoms with van der Waals surface area (Å²) in [4.78, 5) is 12.8. The zero-order chi connectivity index (χ0) is 23.1. The summed E-state index contributed by atoms with van der Waals surface area (Å²) < 4.78 is 43.7. The van der Waals surface area contributed by atoms with Crippen molar-refractivity contribution in [2.24, 2.45) is 0 Å². The Morgan fingerprint density at radius 2 is 1.81 bits per heavy atom. The molecule has 1 N–H and O–H groups in total. The fourth-order valence-electron chi connectivity index (χ4n) is 3.66. The summed E-state index contributed by atoms with van der Waals surface area (Å²) in [6.07, 6.45) is -0.203. The van der Waals surface area contributed by atoms with Crippen molar-refractivity contribution in [2.45, 2.75) is 38.4 Å². The molecule has 9 heteroatoms. The zero-order valence-electron chi connectivity index (χ0n) is 18.6. The molecule has 32 heavy (non-hydrogen) atoms. The smallest absolute Gasteiger partial charge is 0.263 e. The van der Waals surface area contributed by atoms with E-state index in [0.29, 0.717) is 29.5 Å². The number of benzene rings is 2. The van der Waals surface area contributed by atoms with Gasteiger partial charge in [-0.1, -0.05) is 39.0 Å². The molecule has 2 aromatic rings. The van der Waals surface area contributed by atoms with Crippen LogP contribution in [0.5, 0.6) is 17.2 Å². The third-order valence-corrected chi connectivity index (χ3v) is 6.61. The number of nitrogens with one attached hydrogen (secondary N) is 1. The standard InChI is InChI=1S/C23H28N2O6S/c1-23(2,3)15-9-10-18-17(11-15)25(32(4,27)28)13-21(31-18)22(26)24-12-16-14-29-19-7-5-6-8-20(19)30-16/h5-11,16,21H,12-14H2,1-4H3,(H,24,26)/t16-,21-/m0/s1. The van der Waals surface area contributed by atoms with Crippen molar-refractivity contribution in [1.29, 1.82) is 0 Å². The van der Waals surface area contributed by atoms with E-state index >= 15 is 0 Å². The van der Waals surface area contributed by atoms with Crippen LogP contribution in [0.3, 0.4) is 0 Å². The van der Waals surface area contributed by atoms with E-state index in [0.717, 1.165) is 11.8 Å². The maximum atomic E-state index is 12.8. The minimum atomic E-state index is -3.61. The third-order valence-electron chi connectivity index (χ3n) is 5.46. The fourth-order valence-corrected chi connectivity index (χ4v) is 4.57. The monoisotopic (exact) mass is 460 g/mol. The van der Waals surface area contributed by atoms with Gasteiger partial charge in [-0.15, -0.1) is 0 Å². The summed E-state index contributed by atoms with van der Waals surface area (Å²) in [6, 6.07) is 12.8. The first-order valence-corrected chi connectivity index (χ1v) is 12.3. The number of rotatable bonds is 4. The van der Waals surface area contributed by atoms with Crippen molar-refractivity contribution < 1.29 is 27.4 Å². The first kappa shape index (κ1) is 22.3. The van der Waals surface area contributed by atoms with Gasteiger partial charge in [-0.05, 0) is 35.2 Å². The number of hydrogen-bond donors (Lipinski definition) is 1. The highest BCUT2D eigenvalue weighted by Gasteiger charge is 2.36. The highest BCUT2D eigenvalue weighted by atomic mass is 32.2. The summed E-state index contributed by atoms with van der Waals surface area (Å²) in [5, 5.41) is 2.80. The fraction of sp³-hybridized carbons (Fsp3) is 0.435. The van der Waals surface area contributed by atoms with E-state index in [1.54, 1.807) is 12.1 Å². The number of amides is 1. The molecule has 2 heterocycles. The molecule has 0 aromatic heterocycles. The van der Waals surface area contributed by atoms with Crippen molar-refractivity contribution in [2.75, 3.05) is 30.3 Å². The average molecular weight is 461 g/mol. The predicted octanol–water partition coefficient (Wildman–Crippen LogP) is 2.47. The predicted molar refractivity (Wildman–Crippen MR) is 121 cm³/mol. The number of fused-ring (bicyclic) bond motifs is 2. The van der Waals surface area contributed by atoms with Gasteiger partial charge in [0.15, 0.2) is 17.6 Å². The number of hydrogen-bond acceptors (Lipinski definition) is 6. The van der Waals surface area contributed by atoms with Gasteiger partial charge in [-0.2, -0.15) is 0 Å². The van der Waals surface area contributed by atoms with E-state index in [9.17, 15) is 13.2 Å². The molecular weight excluding hydrogens is 432 g/mol. The SMILES string of the molecule is CC(C)(C)c1ccc2c(c1)N(S(C)(=O)=O)C[C@@H](C(=O)NC[C@H]1COc3ccccc3O1)O2. The molecule has 2 aromatic carbocycles. The molecule has 2 atom stereocenters. The second kappa shape index (κ2) is 8.20. The molecule has 4 rings (SSSR count). The molecule has 172 valence electrons. The Balaban J connectivity index is 1.47. The number of carbonyl (C=O) groups excluding carboxylic acids is 1. The van der Waals surface area contributed by atoms with E-state index < -0.39 is 22.0 Å². The van der Waals surface area contributed by atoms with Gasteiger partial charge >= 0.3 is 0 Å². The van der Waals surface area contributed by atoms with Crippen LogP contribution in [0.4, 0.5) is 5.69 Å². The summed E-state index contributed by atoms with van der Waals surface area (Å²) in [7, 11) is -3.61. The van der Waals surface area contributed by atoms with Gasteiger partial charge in [-0.25, -0.2) is 8.42 Å². The number of anilines is 1. The van der Waals surface area contributed by atoms with Crippen LogP contribution in [0.1, 0.15) is 26.3 Å². The number of carbonyl (C=O) groups is 1. The molecule has 0 aliphatic carbocycles. The van der Waals surface area contributed by atoms with Crippen molar-refractivity contribution in [1.82, 2.24) is 5.32 Å². The third kappa shape index (κ3) is 4.62. The van der Waals surface area contributed by atoms with Crippen molar-refractivity contribution in [3.05, 3.63) is 48.0 Å². The number of ether oxygens (including phenoxy) is 3. The molecule has 0 saturated carbocycles. The van der Waals surface area contributed by atoms with Crippen LogP contribution in [0, 0.1) is 0 Å². The first-order valence-electron chi connectivity index (χ1n) is 10.5. The molecule has 0 bridgehead atoms. The first-order chi connectivity index (χ1) is 15.0. The summed E-state index contributed by atoms with van der Waals surface area (Å²) >= 11 is 0. The lowest BCUT2D eigenvalue weighted by Gasteiger charge is -2.35. The maximum absolute atomic E-state index is 12.8. The van der Waals surface area contributed by atoms with E-state index in [1.807, 2.05) is 30.3 Å². The minimum Gasteiger partial charge on any atom is -0.486 e. The van der Waals surface area contributed by atoms with Crippen molar-refractivity contribution in [3.8, 4) is 17.2 Å². The Labute approximate surface area is 188 Å². The molecule has 2 aliphatic heterocycles. The Morgan fingerprint density at radius 3 is 2.50 bits per heavy atom. The topological polar surface area (TPSA) is 94.2 Å². The molecule has 0 radical (unpaired) electrons. The summed E-state index contributed by atoms with van der Waals surface area (Å²) in [5.41, 5.74) is 1.27. The molecule has 1 amide bonds. The lowest BCUT2D eigenvalue weighted by atomic mass is 9.86. The molecule has 8 nitrogen and oxygen atoms in total. The van der Waals surface area contributed by atoms with Gasteiger partial charge in [-0.3, -0.25) is 9.10 Å². The highest BCUT2D eigenvalue weighted by Crippen LogP contribution is 2.38. The van der Waals surface area contributed by atoms with Crippen LogP contribution in [-0.2, 0) is 20.2 Å². The Hall–Kier alpha value is -2.94. The lowest BCUT2D eigenvalue weighted by Crippen LogP contribution is -2.52. The van der Waals surface area contributed by atoms with E-state index in [-0.39, 0.29) is 24.6 Å². The van der Waals surface area contributed by atoms with Crippen molar-refractivity contribution >= 4 is 21.6 Å². The van der Waals surface area contributed by atoms with Crippen LogP contribution in [0.15, 0.2) is 42.5 Å². The Kier molecular flexibility index (Phi) is 5.70. The number of nitrogens with zero attached hydrogens (tertiary/aromatic N) is 1. The molecule has 0 spiro atoms. The van der Waals surface area contributed by atoms with E-state index in [2.05, 4.69) is 26.1 Å². The van der Waals surface area contributed by atoms with Crippen LogP contribution in [-0.4, -0.2) is 52.5 Å². The lowest BCUT2D eigenvalue weighted by molar-refractivity contribution is -0.128. The molecular formula is C23H28N2O6S. The molecule has 0 fully saturated rings. The van der Waals surface area contributed by atoms with Gasteiger partial charge in [0.1, 0.15) is 18.5 Å². The second-order valence-electron chi connectivity index (χ2n) is 9.08. The largest absolute Gasteiger partial charge is 0.486 e. The average Bonchev–Trinajstić information content (AvgIpc) is 2.74. The second-order valence-corrected chi connectivity index (χ2v) is 11.0. The zero-order valence-corrected chi connectivity index (χ0v) is 19.4. The van der Waals surface area contributed by atoms with E-state index in [1.165, 1.54) is 4.31 Å². The summed E-state index contributed by atoms with van der Waals surface area (Å²) in [5.74, 6) is 1.24. The van der Waals surface area contributed by atoms with Crippen molar-refractivity contribution in [3.63, 3.8) is 0 Å². The maximum Gasteiger partial charge on any atom is 0.263 e. The van der Waals surface area contributed by atoms with Crippen LogP contribution in [0.25, 0.3) is 0 Å². The van der Waals surface area contributed by atoms with Crippen LogP contribution >= 0.6 is 0 Å². The van der Waals surface area contributed by atoms with Crippen LogP contribution in [0.2, 0.25) is 0 Å². The normalized spacial score (nSPS) is 20.2. The highest BCUT2D eigenvalue weighted by molar-refractivity contribution is 7.92. The van der Waals surface area contributed by atoms with Gasteiger partial charge in [0, 0.05) is 0 Å². The Bertz CT molecular complexity index is 1130. The molecule has 2 aliphatic rings. The summed E-state index contributed by atoms with van der Waals surface area (Å²) in [6.45, 7) is 6.56.